The molecule has 160 valence electrons. The second-order valence-corrected chi connectivity index (χ2v) is 7.38. The first kappa shape index (κ1) is 20.6. The zero-order valence-electron chi connectivity index (χ0n) is 17.3. The van der Waals surface area contributed by atoms with Crippen molar-refractivity contribution in [2.45, 2.75) is 25.4 Å². The lowest BCUT2D eigenvalue weighted by molar-refractivity contribution is -0.155. The summed E-state index contributed by atoms with van der Waals surface area (Å²) in [7, 11) is 1.47. The molecule has 8 nitrogen and oxygen atoms in total. The van der Waals surface area contributed by atoms with Gasteiger partial charge in [-0.15, -0.1) is 0 Å². The number of ketones is 1. The lowest BCUT2D eigenvalue weighted by Gasteiger charge is -2.46. The molecule has 1 saturated heterocycles. The average Bonchev–Trinajstić information content (AvgIpc) is 3.15. The summed E-state index contributed by atoms with van der Waals surface area (Å²) in [6.07, 6.45) is 0.187. The zero-order valence-corrected chi connectivity index (χ0v) is 17.3. The van der Waals surface area contributed by atoms with E-state index in [0.717, 1.165) is 0 Å². The molecule has 0 aromatic heterocycles. The Morgan fingerprint density at radius 3 is 2.48 bits per heavy atom. The fourth-order valence-corrected chi connectivity index (χ4v) is 4.12. The Labute approximate surface area is 179 Å². The second kappa shape index (κ2) is 7.86. The van der Waals surface area contributed by atoms with Crippen molar-refractivity contribution >= 4 is 29.3 Å². The quantitative estimate of drug-likeness (QED) is 0.524. The number of carbonyl (C=O) groups is 4. The van der Waals surface area contributed by atoms with E-state index >= 15 is 0 Å². The van der Waals surface area contributed by atoms with Gasteiger partial charge in [-0.05, 0) is 43.3 Å². The summed E-state index contributed by atoms with van der Waals surface area (Å²) in [5, 5.41) is 0. The number of hydrogen-bond acceptors (Lipinski definition) is 6. The van der Waals surface area contributed by atoms with Gasteiger partial charge in [-0.1, -0.05) is 12.1 Å². The van der Waals surface area contributed by atoms with E-state index in [0.29, 0.717) is 29.2 Å². The lowest BCUT2D eigenvalue weighted by Crippen LogP contribution is -2.67. The van der Waals surface area contributed by atoms with Crippen LogP contribution >= 0.6 is 0 Å². The van der Waals surface area contributed by atoms with Gasteiger partial charge in [-0.3, -0.25) is 19.3 Å². The fraction of sp³-hybridized carbons (Fsp3) is 0.304. The topological polar surface area (TPSA) is 93.2 Å². The molecule has 2 heterocycles. The van der Waals surface area contributed by atoms with Crippen molar-refractivity contribution in [2.24, 2.45) is 0 Å². The van der Waals surface area contributed by atoms with Crippen LogP contribution in [-0.2, 0) is 14.3 Å². The third-order valence-corrected chi connectivity index (χ3v) is 5.69. The minimum atomic E-state index is -1.60. The van der Waals surface area contributed by atoms with Crippen LogP contribution < -0.4 is 9.64 Å². The van der Waals surface area contributed by atoms with E-state index in [-0.39, 0.29) is 24.7 Å². The maximum Gasteiger partial charge on any atom is 0.354 e. The van der Waals surface area contributed by atoms with Gasteiger partial charge in [-0.25, -0.2) is 4.79 Å². The van der Waals surface area contributed by atoms with E-state index in [1.54, 1.807) is 48.5 Å². The number of esters is 1. The summed E-state index contributed by atoms with van der Waals surface area (Å²) in [5.41, 5.74) is -0.509. The van der Waals surface area contributed by atoms with Gasteiger partial charge in [0.2, 0.25) is 11.6 Å². The van der Waals surface area contributed by atoms with Crippen LogP contribution in [-0.4, -0.2) is 54.4 Å². The van der Waals surface area contributed by atoms with Crippen LogP contribution in [0.15, 0.2) is 48.5 Å². The molecule has 0 N–H and O–H groups in total. The largest absolute Gasteiger partial charge is 0.494 e. The van der Waals surface area contributed by atoms with Crippen LogP contribution in [0.5, 0.6) is 5.75 Å². The number of hydrogen-bond donors (Lipinski definition) is 0. The van der Waals surface area contributed by atoms with Crippen molar-refractivity contribution in [3.63, 3.8) is 0 Å². The van der Waals surface area contributed by atoms with E-state index in [4.69, 9.17) is 9.47 Å². The van der Waals surface area contributed by atoms with Crippen LogP contribution in [0.3, 0.4) is 0 Å². The molecule has 31 heavy (non-hydrogen) atoms. The Morgan fingerprint density at radius 2 is 1.77 bits per heavy atom. The Bertz CT molecular complexity index is 1060. The molecule has 0 spiro atoms. The normalized spacial score (nSPS) is 19.7. The first-order chi connectivity index (χ1) is 14.9. The molecule has 8 heteroatoms. The third kappa shape index (κ3) is 3.24. The van der Waals surface area contributed by atoms with Crippen LogP contribution in [0.2, 0.25) is 0 Å². The highest BCUT2D eigenvalue weighted by Crippen LogP contribution is 2.44. The molecule has 2 aromatic rings. The molecular weight excluding hydrogens is 400 g/mol. The maximum atomic E-state index is 13.2. The molecule has 2 aliphatic rings. The number of para-hydroxylation sites is 1. The molecule has 1 atom stereocenters. The SMILES string of the molecule is CCOc1ccc(C(=O)COC(=O)[C@]23CCC(=O)N2c2ccccc2C(=O)N3C)cc1. The molecular formula is C23H22N2O6. The van der Waals surface area contributed by atoms with Crippen molar-refractivity contribution in [1.82, 2.24) is 4.90 Å². The van der Waals surface area contributed by atoms with Crippen molar-refractivity contribution in [3.8, 4) is 5.75 Å². The summed E-state index contributed by atoms with van der Waals surface area (Å²) in [4.78, 5) is 53.9. The third-order valence-electron chi connectivity index (χ3n) is 5.69. The Hall–Kier alpha value is -3.68. The van der Waals surface area contributed by atoms with Gasteiger partial charge < -0.3 is 14.4 Å². The summed E-state index contributed by atoms with van der Waals surface area (Å²) in [6.45, 7) is 1.87. The Kier molecular flexibility index (Phi) is 5.22. The number of benzene rings is 2. The standard InChI is InChI=1S/C23H22N2O6/c1-3-30-16-10-8-15(9-11-16)19(26)14-31-22(29)23-13-12-20(27)25(23)18-7-5-4-6-17(18)21(28)24(23)2/h4-11H,3,12-14H2,1-2H3/t23-/m0/s1. The first-order valence-corrected chi connectivity index (χ1v) is 10.0. The van der Waals surface area contributed by atoms with Gasteiger partial charge in [0.05, 0.1) is 17.9 Å². The Balaban J connectivity index is 1.56. The predicted molar refractivity (Wildman–Crippen MR) is 111 cm³/mol. The molecule has 0 radical (unpaired) electrons. The second-order valence-electron chi connectivity index (χ2n) is 7.38. The molecule has 4 rings (SSSR count). The monoisotopic (exact) mass is 422 g/mol. The summed E-state index contributed by atoms with van der Waals surface area (Å²) >= 11 is 0. The predicted octanol–water partition coefficient (Wildman–Crippen LogP) is 2.42. The minimum Gasteiger partial charge on any atom is -0.494 e. The number of carbonyl (C=O) groups excluding carboxylic acids is 4. The highest BCUT2D eigenvalue weighted by Gasteiger charge is 2.60. The van der Waals surface area contributed by atoms with E-state index in [2.05, 4.69) is 0 Å². The molecule has 2 aliphatic heterocycles. The van der Waals surface area contributed by atoms with Gasteiger partial charge in [-0.2, -0.15) is 0 Å². The molecule has 2 aromatic carbocycles. The fourth-order valence-electron chi connectivity index (χ4n) is 4.12. The molecule has 0 aliphatic carbocycles. The number of fused-ring (bicyclic) bond motifs is 3. The van der Waals surface area contributed by atoms with Crippen LogP contribution in [0.1, 0.15) is 40.5 Å². The summed E-state index contributed by atoms with van der Waals surface area (Å²) < 4.78 is 10.7. The zero-order chi connectivity index (χ0) is 22.2. The smallest absolute Gasteiger partial charge is 0.354 e. The van der Waals surface area contributed by atoms with Gasteiger partial charge >= 0.3 is 5.97 Å². The van der Waals surface area contributed by atoms with E-state index in [1.165, 1.54) is 16.8 Å². The number of ether oxygens (including phenoxy) is 2. The number of nitrogens with zero attached hydrogens (tertiary/aromatic N) is 2. The average molecular weight is 422 g/mol. The first-order valence-electron chi connectivity index (χ1n) is 10.0. The van der Waals surface area contributed by atoms with Crippen molar-refractivity contribution in [3.05, 3.63) is 59.7 Å². The molecule has 0 bridgehead atoms. The molecule has 0 saturated carbocycles. The van der Waals surface area contributed by atoms with Crippen LogP contribution in [0, 0.1) is 0 Å². The number of likely N-dealkylation sites (N-methyl/N-ethyl adjacent to an activating group) is 1. The highest BCUT2D eigenvalue weighted by atomic mass is 16.5. The summed E-state index contributed by atoms with van der Waals surface area (Å²) in [5.74, 6) is -1.22. The summed E-state index contributed by atoms with van der Waals surface area (Å²) in [6, 6.07) is 13.2. The minimum absolute atomic E-state index is 0.0912. The van der Waals surface area contributed by atoms with Gasteiger partial charge in [0.15, 0.2) is 12.4 Å². The van der Waals surface area contributed by atoms with Crippen LogP contribution in [0.4, 0.5) is 5.69 Å². The molecule has 0 unspecified atom stereocenters. The van der Waals surface area contributed by atoms with Gasteiger partial charge in [0.25, 0.3) is 5.91 Å². The van der Waals surface area contributed by atoms with Crippen molar-refractivity contribution < 1.29 is 28.7 Å². The number of rotatable bonds is 6. The number of Topliss-reactive ketones (excluding diaryl/α,β-unsaturated/α-hetero) is 1. The van der Waals surface area contributed by atoms with E-state index in [1.807, 2.05) is 6.92 Å². The van der Waals surface area contributed by atoms with Gasteiger partial charge in [0.1, 0.15) is 5.75 Å². The van der Waals surface area contributed by atoms with Crippen molar-refractivity contribution in [2.75, 3.05) is 25.2 Å². The van der Waals surface area contributed by atoms with Crippen LogP contribution in [0.25, 0.3) is 0 Å². The maximum absolute atomic E-state index is 13.2. The lowest BCUT2D eigenvalue weighted by atomic mass is 9.97. The molecule has 2 amide bonds. The van der Waals surface area contributed by atoms with E-state index < -0.39 is 24.0 Å². The van der Waals surface area contributed by atoms with Gasteiger partial charge in [0, 0.05) is 25.5 Å². The number of anilines is 1. The molecule has 1 fully saturated rings. The number of amides is 2. The van der Waals surface area contributed by atoms with Crippen molar-refractivity contribution in [1.29, 1.82) is 0 Å². The van der Waals surface area contributed by atoms with E-state index in [9.17, 15) is 19.2 Å². The highest BCUT2D eigenvalue weighted by molar-refractivity contribution is 6.15. The Morgan fingerprint density at radius 1 is 1.06 bits per heavy atom.